The van der Waals surface area contributed by atoms with E-state index in [0.717, 1.165) is 24.6 Å². The van der Waals surface area contributed by atoms with Crippen LogP contribution in [0.1, 0.15) is 30.9 Å². The second kappa shape index (κ2) is 8.01. The minimum atomic E-state index is -0.254. The molecule has 0 aliphatic carbocycles. The van der Waals surface area contributed by atoms with E-state index in [1.54, 1.807) is 4.90 Å². The lowest BCUT2D eigenvalue weighted by molar-refractivity contribution is -0.129. The smallest absolute Gasteiger partial charge is 0.225 e. The van der Waals surface area contributed by atoms with Crippen molar-refractivity contribution in [1.29, 1.82) is 0 Å². The number of ether oxygens (including phenoxy) is 1. The van der Waals surface area contributed by atoms with E-state index < -0.39 is 0 Å². The molecule has 1 aromatic rings. The fourth-order valence-electron chi connectivity index (χ4n) is 3.53. The van der Waals surface area contributed by atoms with Gasteiger partial charge < -0.3 is 19.4 Å². The third-order valence-corrected chi connectivity index (χ3v) is 5.01. The van der Waals surface area contributed by atoms with Gasteiger partial charge in [0.05, 0.1) is 25.2 Å². The zero-order chi connectivity index (χ0) is 17.8. The van der Waals surface area contributed by atoms with Crippen LogP contribution >= 0.6 is 0 Å². The molecule has 7 heteroatoms. The summed E-state index contributed by atoms with van der Waals surface area (Å²) in [5.41, 5.74) is 0. The maximum absolute atomic E-state index is 12.5. The first kappa shape index (κ1) is 17.9. The predicted molar refractivity (Wildman–Crippen MR) is 91.9 cm³/mol. The number of nitrogens with zero attached hydrogens (tertiary/aromatic N) is 2. The van der Waals surface area contributed by atoms with Crippen LogP contribution in [0, 0.1) is 12.8 Å². The van der Waals surface area contributed by atoms with Crippen molar-refractivity contribution in [3.05, 3.63) is 23.7 Å². The Hall–Kier alpha value is -1.86. The van der Waals surface area contributed by atoms with Gasteiger partial charge in [0.15, 0.2) is 0 Å². The van der Waals surface area contributed by atoms with Gasteiger partial charge >= 0.3 is 0 Å². The lowest BCUT2D eigenvalue weighted by Gasteiger charge is -2.33. The van der Waals surface area contributed by atoms with Crippen LogP contribution in [0.25, 0.3) is 0 Å². The molecule has 0 spiro atoms. The van der Waals surface area contributed by atoms with Crippen molar-refractivity contribution >= 4 is 11.8 Å². The average Bonchev–Trinajstić information content (AvgIpc) is 3.21. The molecule has 1 N–H and O–H groups in total. The normalized spacial score (nSPS) is 23.0. The van der Waals surface area contributed by atoms with Crippen LogP contribution in [0.15, 0.2) is 16.5 Å². The molecule has 3 rings (SSSR count). The van der Waals surface area contributed by atoms with Gasteiger partial charge in [0.25, 0.3) is 0 Å². The van der Waals surface area contributed by atoms with Crippen molar-refractivity contribution in [2.45, 2.75) is 26.3 Å². The lowest BCUT2D eigenvalue weighted by Crippen LogP contribution is -2.44. The number of nitrogens with one attached hydrogen (secondary N) is 1. The average molecular weight is 349 g/mol. The van der Waals surface area contributed by atoms with E-state index in [0.29, 0.717) is 39.3 Å². The molecule has 3 heterocycles. The SMILES string of the molecule is CCN1CC(C(=O)NCC(c2ccc(C)o2)N2CCOCC2)CC1=O. The van der Waals surface area contributed by atoms with Crippen molar-refractivity contribution in [2.75, 3.05) is 45.9 Å². The summed E-state index contributed by atoms with van der Waals surface area (Å²) in [6.45, 7) is 8.50. The van der Waals surface area contributed by atoms with Gasteiger partial charge in [0, 0.05) is 39.1 Å². The van der Waals surface area contributed by atoms with E-state index in [4.69, 9.17) is 9.15 Å². The van der Waals surface area contributed by atoms with Gasteiger partial charge in [0.1, 0.15) is 11.5 Å². The van der Waals surface area contributed by atoms with Gasteiger partial charge in [-0.3, -0.25) is 14.5 Å². The molecule has 2 aliphatic rings. The number of carbonyl (C=O) groups is 2. The van der Waals surface area contributed by atoms with Gasteiger partial charge in [-0.2, -0.15) is 0 Å². The Morgan fingerprint density at radius 1 is 1.36 bits per heavy atom. The third kappa shape index (κ3) is 4.22. The van der Waals surface area contributed by atoms with Crippen LogP contribution < -0.4 is 5.32 Å². The van der Waals surface area contributed by atoms with Crippen molar-refractivity contribution in [3.8, 4) is 0 Å². The number of likely N-dealkylation sites (tertiary alicyclic amines) is 1. The van der Waals surface area contributed by atoms with E-state index in [1.807, 2.05) is 26.0 Å². The second-order valence-electron chi connectivity index (χ2n) is 6.69. The highest BCUT2D eigenvalue weighted by Gasteiger charge is 2.34. The predicted octanol–water partition coefficient (Wildman–Crippen LogP) is 0.946. The summed E-state index contributed by atoms with van der Waals surface area (Å²) in [6, 6.07) is 3.90. The number of hydrogen-bond acceptors (Lipinski definition) is 5. The Morgan fingerprint density at radius 3 is 2.72 bits per heavy atom. The van der Waals surface area contributed by atoms with Crippen LogP contribution in [0.4, 0.5) is 0 Å². The molecule has 138 valence electrons. The molecule has 7 nitrogen and oxygen atoms in total. The highest BCUT2D eigenvalue weighted by Crippen LogP contribution is 2.24. The molecule has 0 radical (unpaired) electrons. The fraction of sp³-hybridized carbons (Fsp3) is 0.667. The van der Waals surface area contributed by atoms with Crippen molar-refractivity contribution in [1.82, 2.24) is 15.1 Å². The molecule has 25 heavy (non-hydrogen) atoms. The fourth-order valence-corrected chi connectivity index (χ4v) is 3.53. The first-order chi connectivity index (χ1) is 12.1. The number of morpholine rings is 1. The zero-order valence-corrected chi connectivity index (χ0v) is 15.0. The van der Waals surface area contributed by atoms with Crippen LogP contribution in [0.3, 0.4) is 0 Å². The first-order valence-electron chi connectivity index (χ1n) is 9.02. The molecule has 0 aromatic carbocycles. The summed E-state index contributed by atoms with van der Waals surface area (Å²) in [5, 5.41) is 3.03. The Balaban J connectivity index is 1.62. The molecular formula is C18H27N3O4. The minimum absolute atomic E-state index is 0.0130. The van der Waals surface area contributed by atoms with E-state index in [2.05, 4.69) is 10.2 Å². The first-order valence-corrected chi connectivity index (χ1v) is 9.02. The van der Waals surface area contributed by atoms with Crippen molar-refractivity contribution in [3.63, 3.8) is 0 Å². The maximum Gasteiger partial charge on any atom is 0.225 e. The van der Waals surface area contributed by atoms with E-state index in [9.17, 15) is 9.59 Å². The molecule has 2 fully saturated rings. The Bertz CT molecular complexity index is 609. The topological polar surface area (TPSA) is 75.0 Å². The third-order valence-electron chi connectivity index (χ3n) is 5.01. The van der Waals surface area contributed by atoms with Crippen LogP contribution in [-0.2, 0) is 14.3 Å². The van der Waals surface area contributed by atoms with Crippen LogP contribution in [0.2, 0.25) is 0 Å². The zero-order valence-electron chi connectivity index (χ0n) is 15.0. The number of amides is 2. The largest absolute Gasteiger partial charge is 0.465 e. The molecular weight excluding hydrogens is 322 g/mol. The minimum Gasteiger partial charge on any atom is -0.465 e. The van der Waals surface area contributed by atoms with Crippen molar-refractivity contribution < 1.29 is 18.7 Å². The van der Waals surface area contributed by atoms with Gasteiger partial charge in [0.2, 0.25) is 11.8 Å². The summed E-state index contributed by atoms with van der Waals surface area (Å²) < 4.78 is 11.2. The number of carbonyl (C=O) groups excluding carboxylic acids is 2. The summed E-state index contributed by atoms with van der Waals surface area (Å²) in [5.74, 6) is 1.48. The van der Waals surface area contributed by atoms with Crippen LogP contribution in [0.5, 0.6) is 0 Å². The van der Waals surface area contributed by atoms with E-state index >= 15 is 0 Å². The summed E-state index contributed by atoms with van der Waals surface area (Å²) in [7, 11) is 0. The highest BCUT2D eigenvalue weighted by molar-refractivity contribution is 5.89. The number of furan rings is 1. The molecule has 0 saturated carbocycles. The summed E-state index contributed by atoms with van der Waals surface area (Å²) >= 11 is 0. The Labute approximate surface area is 148 Å². The van der Waals surface area contributed by atoms with Crippen molar-refractivity contribution in [2.24, 2.45) is 5.92 Å². The molecule has 2 unspecified atom stereocenters. The summed E-state index contributed by atoms with van der Waals surface area (Å²) in [6.07, 6.45) is 0.307. The van der Waals surface area contributed by atoms with Gasteiger partial charge in [-0.15, -0.1) is 0 Å². The Morgan fingerprint density at radius 2 is 2.12 bits per heavy atom. The molecule has 2 saturated heterocycles. The molecule has 0 bridgehead atoms. The second-order valence-corrected chi connectivity index (χ2v) is 6.69. The Kier molecular flexibility index (Phi) is 5.75. The standard InChI is InChI=1S/C18H27N3O4/c1-3-20-12-14(10-17(20)22)18(23)19-11-15(16-5-4-13(2)25-16)21-6-8-24-9-7-21/h4-5,14-15H,3,6-12H2,1-2H3,(H,19,23). The van der Waals surface area contributed by atoms with E-state index in [1.165, 1.54) is 0 Å². The lowest BCUT2D eigenvalue weighted by atomic mass is 10.1. The number of rotatable bonds is 6. The summed E-state index contributed by atoms with van der Waals surface area (Å²) in [4.78, 5) is 28.4. The highest BCUT2D eigenvalue weighted by atomic mass is 16.5. The molecule has 2 atom stereocenters. The van der Waals surface area contributed by atoms with Gasteiger partial charge in [-0.1, -0.05) is 0 Å². The molecule has 2 aliphatic heterocycles. The monoisotopic (exact) mass is 349 g/mol. The quantitative estimate of drug-likeness (QED) is 0.827. The molecule has 2 amide bonds. The van der Waals surface area contributed by atoms with E-state index in [-0.39, 0.29) is 23.8 Å². The van der Waals surface area contributed by atoms with Gasteiger partial charge in [-0.05, 0) is 26.0 Å². The van der Waals surface area contributed by atoms with Crippen LogP contribution in [-0.4, -0.2) is 67.6 Å². The number of hydrogen-bond donors (Lipinski definition) is 1. The van der Waals surface area contributed by atoms with Gasteiger partial charge in [-0.25, -0.2) is 0 Å². The number of aryl methyl sites for hydroxylation is 1. The maximum atomic E-state index is 12.5. The molecule has 1 aromatic heterocycles.